The van der Waals surface area contributed by atoms with Crippen molar-refractivity contribution in [3.05, 3.63) is 29.3 Å². The summed E-state index contributed by atoms with van der Waals surface area (Å²) in [5, 5.41) is 0. The largest absolute Gasteiger partial charge is 0.490 e. The van der Waals surface area contributed by atoms with Gasteiger partial charge in [0, 0.05) is 0 Å². The lowest BCUT2D eigenvalue weighted by atomic mass is 9.85. The van der Waals surface area contributed by atoms with Gasteiger partial charge in [-0.25, -0.2) is 0 Å². The summed E-state index contributed by atoms with van der Waals surface area (Å²) in [6, 6.07) is 6.64. The van der Waals surface area contributed by atoms with Crippen LogP contribution in [0, 0.1) is 0 Å². The van der Waals surface area contributed by atoms with Gasteiger partial charge in [0.2, 0.25) is 0 Å². The van der Waals surface area contributed by atoms with Crippen LogP contribution >= 0.6 is 0 Å². The average Bonchev–Trinajstić information content (AvgIpc) is 3.01. The van der Waals surface area contributed by atoms with Crippen LogP contribution in [0.5, 0.6) is 5.75 Å². The maximum absolute atomic E-state index is 5.98. The van der Waals surface area contributed by atoms with Crippen molar-refractivity contribution < 1.29 is 4.74 Å². The maximum Gasteiger partial charge on any atom is 0.123 e. The molecule has 88 valence electrons. The van der Waals surface area contributed by atoms with E-state index in [1.54, 1.807) is 0 Å². The van der Waals surface area contributed by atoms with Gasteiger partial charge in [0.05, 0.1) is 6.10 Å². The molecule has 1 nitrogen and oxygen atoms in total. The molecule has 2 rings (SSSR count). The third-order valence-corrected chi connectivity index (χ3v) is 3.08. The van der Waals surface area contributed by atoms with Gasteiger partial charge >= 0.3 is 0 Å². The van der Waals surface area contributed by atoms with Crippen LogP contribution in [0.2, 0.25) is 0 Å². The third-order valence-electron chi connectivity index (χ3n) is 3.08. The molecule has 1 aromatic carbocycles. The molecule has 0 atom stereocenters. The first-order chi connectivity index (χ1) is 7.50. The quantitative estimate of drug-likeness (QED) is 0.742. The lowest BCUT2D eigenvalue weighted by molar-refractivity contribution is 0.294. The van der Waals surface area contributed by atoms with E-state index in [1.807, 2.05) is 0 Å². The summed E-state index contributed by atoms with van der Waals surface area (Å²) in [6.07, 6.45) is 4.01. The van der Waals surface area contributed by atoms with Crippen LogP contribution in [0.15, 0.2) is 18.2 Å². The van der Waals surface area contributed by atoms with Crippen molar-refractivity contribution >= 4 is 0 Å². The normalized spacial score (nSPS) is 16.2. The Labute approximate surface area is 98.8 Å². The summed E-state index contributed by atoms with van der Waals surface area (Å²) in [7, 11) is 0. The lowest BCUT2D eigenvalue weighted by Crippen LogP contribution is -2.14. The minimum Gasteiger partial charge on any atom is -0.490 e. The Morgan fingerprint density at radius 2 is 1.94 bits per heavy atom. The Hall–Kier alpha value is -0.980. The molecule has 0 unspecified atom stereocenters. The monoisotopic (exact) mass is 218 g/mol. The van der Waals surface area contributed by atoms with E-state index in [0.717, 1.165) is 12.2 Å². The van der Waals surface area contributed by atoms with Crippen molar-refractivity contribution in [2.24, 2.45) is 0 Å². The van der Waals surface area contributed by atoms with Gasteiger partial charge in [-0.15, -0.1) is 0 Å². The summed E-state index contributed by atoms with van der Waals surface area (Å²) >= 11 is 0. The highest BCUT2D eigenvalue weighted by Crippen LogP contribution is 2.36. The topological polar surface area (TPSA) is 9.23 Å². The first kappa shape index (κ1) is 11.5. The minimum atomic E-state index is 0.162. The molecule has 0 radical (unpaired) electrons. The molecule has 0 saturated heterocycles. The molecule has 1 fully saturated rings. The van der Waals surface area contributed by atoms with Crippen molar-refractivity contribution in [2.75, 3.05) is 0 Å². The van der Waals surface area contributed by atoms with Crippen LogP contribution < -0.4 is 4.74 Å². The van der Waals surface area contributed by atoms with Gasteiger partial charge < -0.3 is 4.74 Å². The van der Waals surface area contributed by atoms with Gasteiger partial charge in [-0.2, -0.15) is 0 Å². The standard InChI is InChI=1S/C15H22O/c1-5-11-6-9-14(16-12-7-8-12)13(10-11)15(2,3)4/h6,9-10,12H,5,7-8H2,1-4H3. The van der Waals surface area contributed by atoms with E-state index in [9.17, 15) is 0 Å². The zero-order valence-electron chi connectivity index (χ0n) is 10.8. The van der Waals surface area contributed by atoms with E-state index in [-0.39, 0.29) is 5.41 Å². The summed E-state index contributed by atoms with van der Waals surface area (Å²) in [5.74, 6) is 1.09. The Morgan fingerprint density at radius 3 is 2.44 bits per heavy atom. The van der Waals surface area contributed by atoms with Gasteiger partial charge in [-0.1, -0.05) is 39.8 Å². The molecule has 1 heteroatoms. The van der Waals surface area contributed by atoms with Crippen LogP contribution in [-0.4, -0.2) is 6.10 Å². The second kappa shape index (κ2) is 4.12. The van der Waals surface area contributed by atoms with E-state index in [2.05, 4.69) is 45.9 Å². The molecule has 0 bridgehead atoms. The molecule has 1 aromatic rings. The Morgan fingerprint density at radius 1 is 1.25 bits per heavy atom. The highest BCUT2D eigenvalue weighted by molar-refractivity contribution is 5.42. The molecule has 0 heterocycles. The third kappa shape index (κ3) is 2.58. The summed E-state index contributed by atoms with van der Waals surface area (Å²) in [4.78, 5) is 0. The van der Waals surface area contributed by atoms with Crippen LogP contribution in [0.25, 0.3) is 0 Å². The molecule has 0 amide bonds. The Kier molecular flexibility index (Phi) is 2.96. The summed E-state index contributed by atoms with van der Waals surface area (Å²) in [5.41, 5.74) is 2.90. The number of aryl methyl sites for hydroxylation is 1. The Balaban J connectivity index is 2.33. The predicted octanol–water partition coefficient (Wildman–Crippen LogP) is 4.09. The number of hydrogen-bond donors (Lipinski definition) is 0. The van der Waals surface area contributed by atoms with E-state index in [4.69, 9.17) is 4.74 Å². The van der Waals surface area contributed by atoms with Crippen LogP contribution in [0.1, 0.15) is 51.7 Å². The Bertz CT molecular complexity index is 370. The van der Waals surface area contributed by atoms with Gasteiger partial charge in [0.1, 0.15) is 5.75 Å². The number of rotatable bonds is 3. The molecule has 0 spiro atoms. The van der Waals surface area contributed by atoms with E-state index in [1.165, 1.54) is 24.0 Å². The van der Waals surface area contributed by atoms with E-state index >= 15 is 0 Å². The van der Waals surface area contributed by atoms with Crippen molar-refractivity contribution in [3.63, 3.8) is 0 Å². The fraction of sp³-hybridized carbons (Fsp3) is 0.600. The molecular weight excluding hydrogens is 196 g/mol. The van der Waals surface area contributed by atoms with E-state index in [0.29, 0.717) is 6.10 Å². The van der Waals surface area contributed by atoms with Crippen molar-refractivity contribution in [1.29, 1.82) is 0 Å². The highest BCUT2D eigenvalue weighted by atomic mass is 16.5. The molecule has 1 saturated carbocycles. The zero-order chi connectivity index (χ0) is 11.8. The summed E-state index contributed by atoms with van der Waals surface area (Å²) in [6.45, 7) is 8.95. The second-order valence-electron chi connectivity index (χ2n) is 5.75. The molecule has 0 N–H and O–H groups in total. The fourth-order valence-corrected chi connectivity index (χ4v) is 1.85. The smallest absolute Gasteiger partial charge is 0.123 e. The van der Waals surface area contributed by atoms with Crippen molar-refractivity contribution in [2.45, 2.75) is 58.5 Å². The molecule has 0 aromatic heterocycles. The molecule has 16 heavy (non-hydrogen) atoms. The number of ether oxygens (including phenoxy) is 1. The SMILES string of the molecule is CCc1ccc(OC2CC2)c(C(C)(C)C)c1. The van der Waals surface area contributed by atoms with Gasteiger partial charge in [0.15, 0.2) is 0 Å². The maximum atomic E-state index is 5.98. The summed E-state index contributed by atoms with van der Waals surface area (Å²) < 4.78 is 5.98. The highest BCUT2D eigenvalue weighted by Gasteiger charge is 2.27. The lowest BCUT2D eigenvalue weighted by Gasteiger charge is -2.23. The zero-order valence-corrected chi connectivity index (χ0v) is 10.8. The number of benzene rings is 1. The fourth-order valence-electron chi connectivity index (χ4n) is 1.85. The predicted molar refractivity (Wildman–Crippen MR) is 68.2 cm³/mol. The van der Waals surface area contributed by atoms with Gasteiger partial charge in [-0.05, 0) is 41.9 Å². The van der Waals surface area contributed by atoms with Crippen LogP contribution in [0.3, 0.4) is 0 Å². The first-order valence-electron chi connectivity index (χ1n) is 6.31. The number of hydrogen-bond acceptors (Lipinski definition) is 1. The first-order valence-corrected chi connectivity index (χ1v) is 6.31. The van der Waals surface area contributed by atoms with Crippen molar-refractivity contribution in [3.8, 4) is 5.75 Å². The molecule has 1 aliphatic carbocycles. The minimum absolute atomic E-state index is 0.162. The second-order valence-corrected chi connectivity index (χ2v) is 5.75. The molecule has 1 aliphatic rings. The van der Waals surface area contributed by atoms with E-state index < -0.39 is 0 Å². The van der Waals surface area contributed by atoms with Crippen molar-refractivity contribution in [1.82, 2.24) is 0 Å². The van der Waals surface area contributed by atoms with Gasteiger partial charge in [-0.3, -0.25) is 0 Å². The van der Waals surface area contributed by atoms with Crippen LogP contribution in [0.4, 0.5) is 0 Å². The molecular formula is C15H22O. The van der Waals surface area contributed by atoms with Crippen LogP contribution in [-0.2, 0) is 11.8 Å². The average molecular weight is 218 g/mol. The van der Waals surface area contributed by atoms with Gasteiger partial charge in [0.25, 0.3) is 0 Å². The molecule has 0 aliphatic heterocycles.